The van der Waals surface area contributed by atoms with E-state index in [-0.39, 0.29) is 17.7 Å². The largest absolute Gasteiger partial charge is 0.432 e. The van der Waals surface area contributed by atoms with Gasteiger partial charge in [-0.3, -0.25) is 0 Å². The lowest BCUT2D eigenvalue weighted by atomic mass is 9.97. The second-order valence-corrected chi connectivity index (χ2v) is 11.5. The van der Waals surface area contributed by atoms with Gasteiger partial charge in [-0.25, -0.2) is 26.9 Å². The number of alkyl halides is 5. The molecule has 1 aromatic heterocycles. The van der Waals surface area contributed by atoms with Crippen LogP contribution in [0.4, 0.5) is 43.9 Å². The number of nitrogens with zero attached hydrogens (tertiary/aromatic N) is 1. The van der Waals surface area contributed by atoms with Gasteiger partial charge in [0.15, 0.2) is 0 Å². The van der Waals surface area contributed by atoms with Crippen molar-refractivity contribution in [2.75, 3.05) is 0 Å². The minimum atomic E-state index is -5.49. The van der Waals surface area contributed by atoms with Gasteiger partial charge in [-0.05, 0) is 59.5 Å². The Bertz CT molecular complexity index is 2110. The predicted molar refractivity (Wildman–Crippen MR) is 156 cm³/mol. The Kier molecular flexibility index (Phi) is 7.99. The van der Waals surface area contributed by atoms with Gasteiger partial charge in [0.05, 0.1) is 10.2 Å². The summed E-state index contributed by atoms with van der Waals surface area (Å²) in [4.78, 5) is 4.64. The third-order valence-corrected chi connectivity index (χ3v) is 8.23. The van der Waals surface area contributed by atoms with Gasteiger partial charge < -0.3 is 4.74 Å². The number of thiazole rings is 1. The summed E-state index contributed by atoms with van der Waals surface area (Å²) in [5, 5.41) is 0.792. The summed E-state index contributed by atoms with van der Waals surface area (Å²) in [7, 11) is 0. The number of benzene rings is 5. The molecule has 0 radical (unpaired) electrons. The van der Waals surface area contributed by atoms with E-state index in [2.05, 4.69) is 9.72 Å². The number of aromatic nitrogens is 1. The summed E-state index contributed by atoms with van der Waals surface area (Å²) in [5.41, 5.74) is -1.35. The molecular weight excluding hydrogens is 660 g/mol. The summed E-state index contributed by atoms with van der Waals surface area (Å²) in [6, 6.07) is 17.2. The zero-order valence-electron chi connectivity index (χ0n) is 23.6. The number of aryl methyl sites for hydroxylation is 1. The first-order valence-corrected chi connectivity index (χ1v) is 14.3. The molecule has 0 aliphatic carbocycles. The summed E-state index contributed by atoms with van der Waals surface area (Å²) in [5.74, 6) is -10.8. The maximum Gasteiger partial charge on any atom is 0.432 e. The third-order valence-electron chi connectivity index (χ3n) is 7.17. The normalized spacial score (nSPS) is 12.1. The van der Waals surface area contributed by atoms with Gasteiger partial charge in [0.25, 0.3) is 0 Å². The maximum atomic E-state index is 15.2. The second-order valence-electron chi connectivity index (χ2n) is 10.5. The smallest absolute Gasteiger partial charge is 0.429 e. The molecule has 0 saturated heterocycles. The minimum Gasteiger partial charge on any atom is -0.429 e. The van der Waals surface area contributed by atoms with E-state index in [9.17, 15) is 39.5 Å². The molecule has 0 amide bonds. The molecule has 0 aliphatic rings. The fourth-order valence-electron chi connectivity index (χ4n) is 4.97. The van der Waals surface area contributed by atoms with Crippen LogP contribution in [0, 0.1) is 36.0 Å². The van der Waals surface area contributed by atoms with Crippen LogP contribution < -0.4 is 4.74 Å². The van der Waals surface area contributed by atoms with Crippen LogP contribution in [-0.4, -0.2) is 4.98 Å². The molecule has 240 valence electrons. The fourth-order valence-corrected chi connectivity index (χ4v) is 6.04. The highest BCUT2D eigenvalue weighted by Gasteiger charge is 2.43. The van der Waals surface area contributed by atoms with E-state index < -0.39 is 63.8 Å². The Morgan fingerprint density at radius 1 is 0.574 bits per heavy atom. The lowest BCUT2D eigenvalue weighted by molar-refractivity contribution is -0.189. The number of rotatable bonds is 6. The van der Waals surface area contributed by atoms with Crippen LogP contribution in [0.5, 0.6) is 5.75 Å². The second kappa shape index (κ2) is 11.7. The lowest BCUT2D eigenvalue weighted by Crippen LogP contribution is -2.25. The molecule has 0 atom stereocenters. The van der Waals surface area contributed by atoms with Crippen molar-refractivity contribution in [3.05, 3.63) is 131 Å². The van der Waals surface area contributed by atoms with E-state index in [1.165, 1.54) is 23.5 Å². The molecule has 47 heavy (non-hydrogen) atoms. The highest BCUT2D eigenvalue weighted by atomic mass is 32.1. The Morgan fingerprint density at radius 2 is 1.13 bits per heavy atom. The van der Waals surface area contributed by atoms with Crippen LogP contribution in [0.1, 0.15) is 16.7 Å². The molecule has 6 rings (SSSR count). The van der Waals surface area contributed by atoms with Gasteiger partial charge in [0.1, 0.15) is 51.0 Å². The van der Waals surface area contributed by atoms with E-state index in [1.807, 2.05) is 37.3 Å². The molecule has 0 aliphatic heterocycles. The van der Waals surface area contributed by atoms with Crippen LogP contribution in [-0.2, 0) is 12.3 Å². The summed E-state index contributed by atoms with van der Waals surface area (Å²) in [6.45, 7) is 1.98. The summed E-state index contributed by atoms with van der Waals surface area (Å²) >= 11 is 1.52. The van der Waals surface area contributed by atoms with Crippen LogP contribution in [0.3, 0.4) is 0 Å². The van der Waals surface area contributed by atoms with E-state index >= 15 is 4.39 Å². The Morgan fingerprint density at radius 3 is 1.72 bits per heavy atom. The molecule has 0 bridgehead atoms. The Hall–Kier alpha value is -4.91. The van der Waals surface area contributed by atoms with Crippen LogP contribution >= 0.6 is 11.3 Å². The van der Waals surface area contributed by atoms with Crippen molar-refractivity contribution < 1.29 is 48.6 Å². The van der Waals surface area contributed by atoms with Crippen molar-refractivity contribution in [1.29, 1.82) is 0 Å². The molecule has 1 heterocycles. The number of halogens is 10. The summed E-state index contributed by atoms with van der Waals surface area (Å²) < 4.78 is 146. The maximum absolute atomic E-state index is 15.2. The van der Waals surface area contributed by atoms with Crippen LogP contribution in [0.25, 0.3) is 43.0 Å². The Balaban J connectivity index is 1.24. The molecule has 0 spiro atoms. The first-order valence-electron chi connectivity index (χ1n) is 13.5. The van der Waals surface area contributed by atoms with Gasteiger partial charge in [-0.2, -0.15) is 22.0 Å². The van der Waals surface area contributed by atoms with Gasteiger partial charge in [-0.15, -0.1) is 11.3 Å². The van der Waals surface area contributed by atoms with E-state index in [1.54, 1.807) is 12.1 Å². The fraction of sp³-hybridized carbons (Fsp3) is 0.0882. The SMILES string of the molecule is Cc1ccc2nc(-c3ccc(-c4ccc(-c5cc(F)c(C(F)(F)Oc6cc(F)c(C(F)(F)F)c(F)c6)c(F)c5)c(F)c4)cc3)sc2c1. The van der Waals surface area contributed by atoms with Crippen LogP contribution in [0.2, 0.25) is 0 Å². The van der Waals surface area contributed by atoms with Crippen molar-refractivity contribution in [3.63, 3.8) is 0 Å². The van der Waals surface area contributed by atoms with Crippen molar-refractivity contribution in [2.45, 2.75) is 19.2 Å². The van der Waals surface area contributed by atoms with E-state index in [4.69, 9.17) is 0 Å². The molecule has 0 saturated carbocycles. The van der Waals surface area contributed by atoms with Gasteiger partial charge in [0.2, 0.25) is 0 Å². The van der Waals surface area contributed by atoms with Crippen molar-refractivity contribution >= 4 is 21.6 Å². The standard InChI is InChI=1S/C34H17F10NOS/c1-16-2-9-28-29(10-16)47-32(45-28)18-5-3-17(4-6-18)19-7-8-22(23(35)11-19)20-12-24(36)31(25(37)13-20)34(43,44)46-21-14-26(38)30(27(39)15-21)33(40,41)42/h2-15H,1H3. The molecule has 0 unspecified atom stereocenters. The number of hydrogen-bond donors (Lipinski definition) is 0. The topological polar surface area (TPSA) is 22.1 Å². The van der Waals surface area contributed by atoms with Gasteiger partial charge in [0, 0.05) is 23.3 Å². The first kappa shape index (κ1) is 32.0. The minimum absolute atomic E-state index is 0.198. The highest BCUT2D eigenvalue weighted by molar-refractivity contribution is 7.21. The molecule has 13 heteroatoms. The number of fused-ring (bicyclic) bond motifs is 1. The van der Waals surface area contributed by atoms with Crippen LogP contribution in [0.15, 0.2) is 84.9 Å². The Labute approximate surface area is 263 Å². The molecular formula is C34H17F10NOS. The zero-order chi connectivity index (χ0) is 33.8. The molecule has 0 N–H and O–H groups in total. The quantitative estimate of drug-likeness (QED) is 0.164. The van der Waals surface area contributed by atoms with Crippen molar-refractivity contribution in [3.8, 4) is 38.6 Å². The van der Waals surface area contributed by atoms with E-state index in [0.717, 1.165) is 32.4 Å². The average molecular weight is 678 g/mol. The molecule has 5 aromatic carbocycles. The average Bonchev–Trinajstić information content (AvgIpc) is 3.38. The monoisotopic (exact) mass is 677 g/mol. The predicted octanol–water partition coefficient (Wildman–Crippen LogP) is 11.4. The van der Waals surface area contributed by atoms with Crippen molar-refractivity contribution in [2.24, 2.45) is 0 Å². The number of ether oxygens (including phenoxy) is 1. The molecule has 0 fully saturated rings. The summed E-state index contributed by atoms with van der Waals surface area (Å²) in [6.07, 6.45) is -10.4. The highest BCUT2D eigenvalue weighted by Crippen LogP contribution is 2.41. The molecule has 2 nitrogen and oxygen atoms in total. The number of hydrogen-bond acceptors (Lipinski definition) is 3. The zero-order valence-corrected chi connectivity index (χ0v) is 24.4. The van der Waals surface area contributed by atoms with Gasteiger partial charge >= 0.3 is 12.3 Å². The van der Waals surface area contributed by atoms with Crippen molar-refractivity contribution in [1.82, 2.24) is 4.98 Å². The van der Waals surface area contributed by atoms with Gasteiger partial charge in [-0.1, -0.05) is 42.5 Å². The van der Waals surface area contributed by atoms with E-state index in [0.29, 0.717) is 23.3 Å². The third kappa shape index (κ3) is 6.27. The first-order chi connectivity index (χ1) is 22.1. The molecule has 6 aromatic rings. The lowest BCUT2D eigenvalue weighted by Gasteiger charge is -2.21.